The number of carboxylic acids is 1. The van der Waals surface area contributed by atoms with Gasteiger partial charge in [0.2, 0.25) is 0 Å². The lowest BCUT2D eigenvalue weighted by Gasteiger charge is -2.24. The zero-order chi connectivity index (χ0) is 11.7. The summed E-state index contributed by atoms with van der Waals surface area (Å²) in [4.78, 5) is 11.2. The van der Waals surface area contributed by atoms with Crippen molar-refractivity contribution in [2.45, 2.75) is 5.92 Å². The lowest BCUT2D eigenvalue weighted by atomic mass is 9.88. The van der Waals surface area contributed by atoms with Crippen molar-refractivity contribution in [1.82, 2.24) is 0 Å². The van der Waals surface area contributed by atoms with E-state index in [4.69, 9.17) is 16.1 Å². The van der Waals surface area contributed by atoms with Gasteiger partial charge in [0.1, 0.15) is 11.7 Å². The highest BCUT2D eigenvalue weighted by atomic mass is 16.4. The van der Waals surface area contributed by atoms with E-state index in [1.807, 2.05) is 6.07 Å². The van der Waals surface area contributed by atoms with Gasteiger partial charge in [-0.15, -0.1) is 0 Å². The van der Waals surface area contributed by atoms with E-state index in [1.165, 1.54) is 0 Å². The first-order chi connectivity index (χ1) is 7.65. The van der Waals surface area contributed by atoms with Gasteiger partial charge >= 0.3 is 5.97 Å². The molecule has 1 aliphatic heterocycles. The molecular formula is C11H9N3O2. The van der Waals surface area contributed by atoms with E-state index in [1.54, 1.807) is 24.3 Å². The van der Waals surface area contributed by atoms with E-state index < -0.39 is 11.9 Å². The number of para-hydroxylation sites is 1. The smallest absolute Gasteiger partial charge is 0.316 e. The van der Waals surface area contributed by atoms with Crippen LogP contribution in [0.4, 0.5) is 5.69 Å². The van der Waals surface area contributed by atoms with Crippen LogP contribution < -0.4 is 11.1 Å². The highest BCUT2D eigenvalue weighted by Gasteiger charge is 2.32. The van der Waals surface area contributed by atoms with Crippen molar-refractivity contribution in [3.05, 3.63) is 41.2 Å². The van der Waals surface area contributed by atoms with Crippen LogP contribution in [0.15, 0.2) is 35.7 Å². The average molecular weight is 215 g/mol. The van der Waals surface area contributed by atoms with Gasteiger partial charge < -0.3 is 16.2 Å². The second-order valence-corrected chi connectivity index (χ2v) is 3.42. The van der Waals surface area contributed by atoms with Crippen molar-refractivity contribution < 1.29 is 9.90 Å². The Morgan fingerprint density at radius 1 is 1.50 bits per heavy atom. The number of carboxylic acid groups (broad SMARTS) is 1. The monoisotopic (exact) mass is 215 g/mol. The van der Waals surface area contributed by atoms with Crippen molar-refractivity contribution in [1.29, 1.82) is 5.26 Å². The van der Waals surface area contributed by atoms with E-state index in [0.29, 0.717) is 11.3 Å². The van der Waals surface area contributed by atoms with E-state index >= 15 is 0 Å². The highest BCUT2D eigenvalue weighted by Crippen LogP contribution is 2.35. The number of nitrogens with zero attached hydrogens (tertiary/aromatic N) is 1. The fourth-order valence-corrected chi connectivity index (χ4v) is 1.77. The van der Waals surface area contributed by atoms with Gasteiger partial charge in [0.05, 0.1) is 11.6 Å². The van der Waals surface area contributed by atoms with Gasteiger partial charge in [-0.2, -0.15) is 5.26 Å². The van der Waals surface area contributed by atoms with Gasteiger partial charge in [-0.25, -0.2) is 0 Å². The molecule has 0 radical (unpaired) electrons. The zero-order valence-corrected chi connectivity index (χ0v) is 8.27. The highest BCUT2D eigenvalue weighted by molar-refractivity contribution is 5.86. The van der Waals surface area contributed by atoms with Crippen LogP contribution in [-0.4, -0.2) is 11.1 Å². The molecule has 0 spiro atoms. The maximum atomic E-state index is 11.2. The second-order valence-electron chi connectivity index (χ2n) is 3.42. The molecule has 0 amide bonds. The SMILES string of the molecule is N#CC1=C(N)Nc2ccccc2C1C(=O)O. The summed E-state index contributed by atoms with van der Waals surface area (Å²) in [5, 5.41) is 20.9. The van der Waals surface area contributed by atoms with Gasteiger partial charge in [0.15, 0.2) is 0 Å². The minimum absolute atomic E-state index is 0.0474. The summed E-state index contributed by atoms with van der Waals surface area (Å²) in [6, 6.07) is 8.74. The molecule has 0 saturated carbocycles. The molecule has 0 aromatic heterocycles. The number of hydrogen-bond donors (Lipinski definition) is 3. The van der Waals surface area contributed by atoms with Crippen LogP contribution in [0.3, 0.4) is 0 Å². The molecule has 80 valence electrons. The maximum absolute atomic E-state index is 11.2. The summed E-state index contributed by atoms with van der Waals surface area (Å²) in [5.74, 6) is -1.95. The summed E-state index contributed by atoms with van der Waals surface area (Å²) in [5.41, 5.74) is 6.85. The topological polar surface area (TPSA) is 99.1 Å². The van der Waals surface area contributed by atoms with E-state index in [-0.39, 0.29) is 11.4 Å². The van der Waals surface area contributed by atoms with Gasteiger partial charge in [-0.3, -0.25) is 4.79 Å². The van der Waals surface area contributed by atoms with Gasteiger partial charge in [0, 0.05) is 5.69 Å². The molecule has 1 aromatic carbocycles. The third kappa shape index (κ3) is 1.37. The molecule has 0 fully saturated rings. The molecule has 4 N–H and O–H groups in total. The summed E-state index contributed by atoms with van der Waals surface area (Å²) in [7, 11) is 0. The number of carbonyl (C=O) groups is 1. The summed E-state index contributed by atoms with van der Waals surface area (Å²) < 4.78 is 0. The Balaban J connectivity index is 2.63. The van der Waals surface area contributed by atoms with E-state index in [2.05, 4.69) is 5.32 Å². The molecule has 5 heteroatoms. The molecule has 2 rings (SSSR count). The van der Waals surface area contributed by atoms with E-state index in [9.17, 15) is 4.79 Å². The number of benzene rings is 1. The first-order valence-corrected chi connectivity index (χ1v) is 4.63. The molecule has 0 saturated heterocycles. The number of rotatable bonds is 1. The minimum atomic E-state index is -1.08. The molecule has 1 atom stereocenters. The third-order valence-electron chi connectivity index (χ3n) is 2.49. The summed E-state index contributed by atoms with van der Waals surface area (Å²) >= 11 is 0. The third-order valence-corrected chi connectivity index (χ3v) is 2.49. The fourth-order valence-electron chi connectivity index (χ4n) is 1.77. The van der Waals surface area contributed by atoms with Crippen molar-refractivity contribution in [2.24, 2.45) is 5.73 Å². The van der Waals surface area contributed by atoms with Crippen LogP contribution in [-0.2, 0) is 4.79 Å². The number of nitriles is 1. The summed E-state index contributed by atoms with van der Waals surface area (Å²) in [6.07, 6.45) is 0. The quantitative estimate of drug-likeness (QED) is 0.648. The van der Waals surface area contributed by atoms with Gasteiger partial charge in [-0.1, -0.05) is 18.2 Å². The molecule has 0 bridgehead atoms. The molecule has 0 aliphatic carbocycles. The van der Waals surface area contributed by atoms with Crippen molar-refractivity contribution in [3.8, 4) is 6.07 Å². The maximum Gasteiger partial charge on any atom is 0.316 e. The lowest BCUT2D eigenvalue weighted by Crippen LogP contribution is -2.26. The lowest BCUT2D eigenvalue weighted by molar-refractivity contribution is -0.137. The Hall–Kier alpha value is -2.48. The van der Waals surface area contributed by atoms with Crippen LogP contribution in [0.2, 0.25) is 0 Å². The molecule has 1 unspecified atom stereocenters. The van der Waals surface area contributed by atoms with Crippen LogP contribution in [0.5, 0.6) is 0 Å². The van der Waals surface area contributed by atoms with Crippen molar-refractivity contribution in [3.63, 3.8) is 0 Å². The molecule has 1 aromatic rings. The number of hydrogen-bond acceptors (Lipinski definition) is 4. The molecule has 5 nitrogen and oxygen atoms in total. The molecule has 1 heterocycles. The summed E-state index contributed by atoms with van der Waals surface area (Å²) in [6.45, 7) is 0. The molecular weight excluding hydrogens is 206 g/mol. The molecule has 1 aliphatic rings. The minimum Gasteiger partial charge on any atom is -0.481 e. The first-order valence-electron chi connectivity index (χ1n) is 4.63. The Morgan fingerprint density at radius 2 is 2.19 bits per heavy atom. The van der Waals surface area contributed by atoms with Crippen LogP contribution >= 0.6 is 0 Å². The van der Waals surface area contributed by atoms with E-state index in [0.717, 1.165) is 0 Å². The average Bonchev–Trinajstić information content (AvgIpc) is 2.26. The van der Waals surface area contributed by atoms with Crippen molar-refractivity contribution >= 4 is 11.7 Å². The Labute approximate surface area is 91.8 Å². The Morgan fingerprint density at radius 3 is 2.81 bits per heavy atom. The predicted molar refractivity (Wildman–Crippen MR) is 57.3 cm³/mol. The number of aliphatic carboxylic acids is 1. The van der Waals surface area contributed by atoms with Crippen molar-refractivity contribution in [2.75, 3.05) is 5.32 Å². The largest absolute Gasteiger partial charge is 0.481 e. The van der Waals surface area contributed by atoms with Crippen LogP contribution in [0.1, 0.15) is 11.5 Å². The van der Waals surface area contributed by atoms with Crippen LogP contribution in [0.25, 0.3) is 0 Å². The fraction of sp³-hybridized carbons (Fsp3) is 0.0909. The number of nitrogens with two attached hydrogens (primary N) is 1. The first kappa shape index (κ1) is 10.1. The standard InChI is InChI=1S/C11H9N3O2/c12-5-7-9(11(15)16)6-3-1-2-4-8(6)14-10(7)13/h1-4,9,14H,13H2,(H,15,16). The second kappa shape index (κ2) is 3.59. The normalized spacial score (nSPS) is 18.3. The van der Waals surface area contributed by atoms with Gasteiger partial charge in [0.25, 0.3) is 0 Å². The Bertz CT molecular complexity index is 528. The number of anilines is 1. The number of fused-ring (bicyclic) bond motifs is 1. The predicted octanol–water partition coefficient (Wildman–Crippen LogP) is 0.974. The molecule has 16 heavy (non-hydrogen) atoms. The van der Waals surface area contributed by atoms with Crippen LogP contribution in [0, 0.1) is 11.3 Å². The number of nitrogens with one attached hydrogen (secondary N) is 1. The van der Waals surface area contributed by atoms with Gasteiger partial charge in [-0.05, 0) is 11.6 Å². The Kier molecular flexibility index (Phi) is 2.25. The zero-order valence-electron chi connectivity index (χ0n) is 8.27.